The summed E-state index contributed by atoms with van der Waals surface area (Å²) in [5, 5.41) is 3.62. The highest BCUT2D eigenvalue weighted by Gasteiger charge is 2.40. The standard InChI is InChI=1S/C19H31N3O2/c1-3-16(2)21-18(20-10-6-17-5-4-12-24-17)22-11-7-19(15-22)8-13-23-14-9-19/h4-5,12,16H,3,6-11,13-15H2,1-2H3,(H,20,21). The lowest BCUT2D eigenvalue weighted by atomic mass is 9.80. The zero-order valence-corrected chi connectivity index (χ0v) is 15.1. The zero-order valence-electron chi connectivity index (χ0n) is 15.1. The quantitative estimate of drug-likeness (QED) is 0.664. The molecule has 3 heterocycles. The predicted molar refractivity (Wildman–Crippen MR) is 96.3 cm³/mol. The van der Waals surface area contributed by atoms with Crippen molar-refractivity contribution in [3.63, 3.8) is 0 Å². The van der Waals surface area contributed by atoms with Gasteiger partial charge in [0.1, 0.15) is 5.76 Å². The maximum Gasteiger partial charge on any atom is 0.194 e. The van der Waals surface area contributed by atoms with Gasteiger partial charge in [-0.25, -0.2) is 0 Å². The van der Waals surface area contributed by atoms with Crippen molar-refractivity contribution in [2.75, 3.05) is 32.8 Å². The summed E-state index contributed by atoms with van der Waals surface area (Å²) in [7, 11) is 0. The number of nitrogens with one attached hydrogen (secondary N) is 1. The molecule has 24 heavy (non-hydrogen) atoms. The van der Waals surface area contributed by atoms with Gasteiger partial charge in [0, 0.05) is 45.3 Å². The number of guanidine groups is 1. The maximum atomic E-state index is 5.57. The van der Waals surface area contributed by atoms with Crippen LogP contribution >= 0.6 is 0 Å². The van der Waals surface area contributed by atoms with E-state index in [9.17, 15) is 0 Å². The molecule has 0 aliphatic carbocycles. The number of nitrogens with zero attached hydrogens (tertiary/aromatic N) is 2. The average Bonchev–Trinajstić information content (AvgIpc) is 3.25. The van der Waals surface area contributed by atoms with Gasteiger partial charge in [-0.2, -0.15) is 0 Å². The first-order chi connectivity index (χ1) is 11.7. The van der Waals surface area contributed by atoms with Crippen LogP contribution in [0.2, 0.25) is 0 Å². The molecule has 0 amide bonds. The summed E-state index contributed by atoms with van der Waals surface area (Å²) in [5.74, 6) is 2.07. The molecule has 2 saturated heterocycles. The molecule has 0 bridgehead atoms. The van der Waals surface area contributed by atoms with Crippen molar-refractivity contribution in [2.24, 2.45) is 10.4 Å². The van der Waals surface area contributed by atoms with Crippen LogP contribution in [0, 0.1) is 5.41 Å². The van der Waals surface area contributed by atoms with Gasteiger partial charge in [-0.3, -0.25) is 4.99 Å². The summed E-state index contributed by atoms with van der Waals surface area (Å²) in [6.45, 7) is 9.24. The third kappa shape index (κ3) is 4.32. The van der Waals surface area contributed by atoms with Gasteiger partial charge in [-0.15, -0.1) is 0 Å². The first-order valence-corrected chi connectivity index (χ1v) is 9.37. The Balaban J connectivity index is 1.63. The molecular weight excluding hydrogens is 302 g/mol. The zero-order chi connectivity index (χ0) is 16.8. The van der Waals surface area contributed by atoms with Crippen molar-refractivity contribution >= 4 is 5.96 Å². The molecule has 1 aromatic heterocycles. The fourth-order valence-corrected chi connectivity index (χ4v) is 3.61. The SMILES string of the molecule is CCC(C)NC(=NCCc1ccco1)N1CCC2(CCOCC2)C1. The summed E-state index contributed by atoms with van der Waals surface area (Å²) in [4.78, 5) is 7.34. The first-order valence-electron chi connectivity index (χ1n) is 9.37. The molecule has 0 saturated carbocycles. The van der Waals surface area contributed by atoms with Crippen LogP contribution in [0.4, 0.5) is 0 Å². The highest BCUT2D eigenvalue weighted by molar-refractivity contribution is 5.80. The molecular formula is C19H31N3O2. The van der Waals surface area contributed by atoms with Crippen LogP contribution in [-0.4, -0.2) is 49.7 Å². The van der Waals surface area contributed by atoms with Gasteiger partial charge in [0.2, 0.25) is 0 Å². The monoisotopic (exact) mass is 333 g/mol. The van der Waals surface area contributed by atoms with E-state index in [-0.39, 0.29) is 0 Å². The summed E-state index contributed by atoms with van der Waals surface area (Å²) in [5.41, 5.74) is 0.442. The van der Waals surface area contributed by atoms with Crippen molar-refractivity contribution < 1.29 is 9.15 Å². The van der Waals surface area contributed by atoms with E-state index < -0.39 is 0 Å². The molecule has 0 aromatic carbocycles. The van der Waals surface area contributed by atoms with E-state index in [1.807, 2.05) is 12.1 Å². The Morgan fingerprint density at radius 2 is 2.21 bits per heavy atom. The maximum absolute atomic E-state index is 5.57. The van der Waals surface area contributed by atoms with Gasteiger partial charge in [0.25, 0.3) is 0 Å². The van der Waals surface area contributed by atoms with Crippen molar-refractivity contribution in [1.29, 1.82) is 0 Å². The molecule has 1 spiro atoms. The summed E-state index contributed by atoms with van der Waals surface area (Å²) >= 11 is 0. The molecule has 2 aliphatic rings. The minimum atomic E-state index is 0.442. The van der Waals surface area contributed by atoms with Gasteiger partial charge in [-0.05, 0) is 50.2 Å². The number of aliphatic imine (C=N–C) groups is 1. The molecule has 1 N–H and O–H groups in total. The van der Waals surface area contributed by atoms with Gasteiger partial charge in [-0.1, -0.05) is 6.92 Å². The number of furan rings is 1. The predicted octanol–water partition coefficient (Wildman–Crippen LogP) is 3.07. The second-order valence-corrected chi connectivity index (χ2v) is 7.27. The third-order valence-corrected chi connectivity index (χ3v) is 5.48. The Hall–Kier alpha value is -1.49. The van der Waals surface area contributed by atoms with Gasteiger partial charge < -0.3 is 19.4 Å². The topological polar surface area (TPSA) is 50.0 Å². The normalized spacial score (nSPS) is 22.1. The molecule has 5 nitrogen and oxygen atoms in total. The second kappa shape index (κ2) is 8.06. The van der Waals surface area contributed by atoms with Crippen LogP contribution in [0.3, 0.4) is 0 Å². The van der Waals surface area contributed by atoms with E-state index in [1.54, 1.807) is 6.26 Å². The lowest BCUT2D eigenvalue weighted by Gasteiger charge is -2.34. The van der Waals surface area contributed by atoms with Crippen molar-refractivity contribution in [3.8, 4) is 0 Å². The second-order valence-electron chi connectivity index (χ2n) is 7.27. The summed E-state index contributed by atoms with van der Waals surface area (Å²) in [6, 6.07) is 4.40. The van der Waals surface area contributed by atoms with Crippen LogP contribution in [0.25, 0.3) is 0 Å². The van der Waals surface area contributed by atoms with E-state index in [0.29, 0.717) is 11.5 Å². The molecule has 2 fully saturated rings. The molecule has 1 aromatic rings. The number of hydrogen-bond acceptors (Lipinski definition) is 3. The Morgan fingerprint density at radius 3 is 2.92 bits per heavy atom. The Labute approximate surface area is 145 Å². The lowest BCUT2D eigenvalue weighted by molar-refractivity contribution is 0.0217. The smallest absolute Gasteiger partial charge is 0.194 e. The van der Waals surface area contributed by atoms with Crippen LogP contribution in [0.1, 0.15) is 45.3 Å². The van der Waals surface area contributed by atoms with Gasteiger partial charge in [0.05, 0.1) is 6.26 Å². The van der Waals surface area contributed by atoms with Crippen molar-refractivity contribution in [3.05, 3.63) is 24.2 Å². The van der Waals surface area contributed by atoms with E-state index in [2.05, 4.69) is 24.1 Å². The third-order valence-electron chi connectivity index (χ3n) is 5.48. The van der Waals surface area contributed by atoms with Gasteiger partial charge in [0.15, 0.2) is 5.96 Å². The minimum absolute atomic E-state index is 0.442. The van der Waals surface area contributed by atoms with Crippen LogP contribution < -0.4 is 5.32 Å². The van der Waals surface area contributed by atoms with E-state index in [1.165, 1.54) is 19.3 Å². The largest absolute Gasteiger partial charge is 0.469 e. The van der Waals surface area contributed by atoms with E-state index in [0.717, 1.165) is 57.4 Å². The minimum Gasteiger partial charge on any atom is -0.469 e. The first kappa shape index (κ1) is 17.3. The lowest BCUT2D eigenvalue weighted by Crippen LogP contribution is -2.45. The Bertz CT molecular complexity index is 521. The summed E-state index contributed by atoms with van der Waals surface area (Å²) in [6.07, 6.45) is 7.32. The molecule has 3 rings (SSSR count). The van der Waals surface area contributed by atoms with Crippen LogP contribution in [0.15, 0.2) is 27.8 Å². The molecule has 2 aliphatic heterocycles. The average molecular weight is 333 g/mol. The molecule has 1 unspecified atom stereocenters. The molecule has 1 atom stereocenters. The van der Waals surface area contributed by atoms with Crippen molar-refractivity contribution in [1.82, 2.24) is 10.2 Å². The number of hydrogen-bond donors (Lipinski definition) is 1. The molecule has 5 heteroatoms. The molecule has 0 radical (unpaired) electrons. The van der Waals surface area contributed by atoms with E-state index in [4.69, 9.17) is 14.1 Å². The number of rotatable bonds is 5. The van der Waals surface area contributed by atoms with Crippen LogP contribution in [-0.2, 0) is 11.2 Å². The highest BCUT2D eigenvalue weighted by Crippen LogP contribution is 2.39. The highest BCUT2D eigenvalue weighted by atomic mass is 16.5. The fourth-order valence-electron chi connectivity index (χ4n) is 3.61. The Kier molecular flexibility index (Phi) is 5.82. The van der Waals surface area contributed by atoms with Crippen molar-refractivity contribution in [2.45, 2.75) is 52.0 Å². The number of ether oxygens (including phenoxy) is 1. The fraction of sp³-hybridized carbons (Fsp3) is 0.737. The van der Waals surface area contributed by atoms with E-state index >= 15 is 0 Å². The molecule has 134 valence electrons. The Morgan fingerprint density at radius 1 is 1.38 bits per heavy atom. The summed E-state index contributed by atoms with van der Waals surface area (Å²) < 4.78 is 11.0. The number of likely N-dealkylation sites (tertiary alicyclic amines) is 1. The van der Waals surface area contributed by atoms with Crippen LogP contribution in [0.5, 0.6) is 0 Å². The van der Waals surface area contributed by atoms with Gasteiger partial charge >= 0.3 is 0 Å².